The Morgan fingerprint density at radius 1 is 1.58 bits per heavy atom. The van der Waals surface area contributed by atoms with Crippen molar-refractivity contribution in [2.24, 2.45) is 17.2 Å². The summed E-state index contributed by atoms with van der Waals surface area (Å²) < 4.78 is 14.4. The maximum absolute atomic E-state index is 10.8. The number of rotatable bonds is 3. The summed E-state index contributed by atoms with van der Waals surface area (Å²) >= 11 is 0. The van der Waals surface area contributed by atoms with Crippen LogP contribution in [0.5, 0.6) is 0 Å². The maximum Gasteiger partial charge on any atom is 0.455 e. The van der Waals surface area contributed by atoms with Crippen LogP contribution in [0.25, 0.3) is 0 Å². The molecule has 6 nitrogen and oxygen atoms in total. The van der Waals surface area contributed by atoms with Crippen molar-refractivity contribution in [3.05, 3.63) is 0 Å². The lowest BCUT2D eigenvalue weighted by Crippen LogP contribution is -2.36. The lowest BCUT2D eigenvalue weighted by molar-refractivity contribution is -0.137. The molecule has 0 aromatic rings. The van der Waals surface area contributed by atoms with Gasteiger partial charge in [0.15, 0.2) is 0 Å². The van der Waals surface area contributed by atoms with Crippen molar-refractivity contribution in [2.75, 3.05) is 0 Å². The van der Waals surface area contributed by atoms with Crippen LogP contribution in [-0.2, 0) is 13.9 Å². The van der Waals surface area contributed by atoms with Crippen molar-refractivity contribution in [2.45, 2.75) is 19.9 Å². The van der Waals surface area contributed by atoms with E-state index in [-0.39, 0.29) is 5.92 Å². The summed E-state index contributed by atoms with van der Waals surface area (Å²) in [4.78, 5) is 19.3. The van der Waals surface area contributed by atoms with Crippen LogP contribution in [0.4, 0.5) is 0 Å². The molecule has 0 aliphatic rings. The molecule has 0 bridgehead atoms. The fourth-order valence-corrected chi connectivity index (χ4v) is 0.841. The second-order valence-electron chi connectivity index (χ2n) is 2.74. The molecule has 0 saturated carbocycles. The molecule has 0 spiro atoms. The van der Waals surface area contributed by atoms with Crippen LogP contribution in [0, 0.1) is 5.92 Å². The second-order valence-corrected chi connectivity index (χ2v) is 4.06. The van der Waals surface area contributed by atoms with Gasteiger partial charge in [-0.05, 0) is 5.92 Å². The van der Waals surface area contributed by atoms with Gasteiger partial charge in [0.1, 0.15) is 6.04 Å². The van der Waals surface area contributed by atoms with Crippen LogP contribution in [0.3, 0.4) is 0 Å². The van der Waals surface area contributed by atoms with Crippen molar-refractivity contribution < 1.29 is 18.8 Å². The smallest absolute Gasteiger partial charge is 0.379 e. The Morgan fingerprint density at radius 2 is 2.00 bits per heavy atom. The Morgan fingerprint density at radius 3 is 2.25 bits per heavy atom. The fraction of sp³-hybridized carbons (Fsp3) is 0.800. The van der Waals surface area contributed by atoms with Gasteiger partial charge < -0.3 is 15.2 Å². The van der Waals surface area contributed by atoms with Gasteiger partial charge in [-0.1, -0.05) is 13.8 Å². The van der Waals surface area contributed by atoms with Gasteiger partial charge in [0.25, 0.3) is 0 Å². The van der Waals surface area contributed by atoms with E-state index in [9.17, 15) is 9.36 Å². The van der Waals surface area contributed by atoms with Gasteiger partial charge in [-0.25, -0.2) is 14.9 Å². The molecule has 0 aromatic carbocycles. The molecular formula is C5H13N2O4P. The van der Waals surface area contributed by atoms with Crippen LogP contribution in [0.15, 0.2) is 0 Å². The summed E-state index contributed by atoms with van der Waals surface area (Å²) in [5, 5.41) is 0. The van der Waals surface area contributed by atoms with Gasteiger partial charge in [0, 0.05) is 0 Å². The molecule has 0 rings (SSSR count). The monoisotopic (exact) mass is 196 g/mol. The van der Waals surface area contributed by atoms with Gasteiger partial charge in [0.05, 0.1) is 0 Å². The lowest BCUT2D eigenvalue weighted by atomic mass is 10.1. The SMILES string of the molecule is CC(C)[C@H](N)C(=O)OP(N)(=O)O. The highest BCUT2D eigenvalue weighted by Gasteiger charge is 2.25. The third kappa shape index (κ3) is 4.46. The van der Waals surface area contributed by atoms with Gasteiger partial charge >= 0.3 is 13.7 Å². The Kier molecular flexibility index (Phi) is 3.86. The zero-order chi connectivity index (χ0) is 9.94. The molecule has 0 saturated heterocycles. The minimum atomic E-state index is -4.24. The predicted molar refractivity (Wildman–Crippen MR) is 42.9 cm³/mol. The number of carbonyl (C=O) groups is 1. The van der Waals surface area contributed by atoms with E-state index in [1.807, 2.05) is 0 Å². The largest absolute Gasteiger partial charge is 0.455 e. The molecule has 0 aliphatic carbocycles. The number of hydrogen-bond donors (Lipinski definition) is 3. The molecule has 2 atom stereocenters. The molecule has 12 heavy (non-hydrogen) atoms. The Hall–Kier alpha value is -0.420. The maximum atomic E-state index is 10.8. The Labute approximate surface area is 70.5 Å². The third-order valence-electron chi connectivity index (χ3n) is 1.21. The minimum Gasteiger partial charge on any atom is -0.379 e. The average Bonchev–Trinajstić information content (AvgIpc) is 1.82. The number of carbonyl (C=O) groups excluding carboxylic acids is 1. The van der Waals surface area contributed by atoms with E-state index in [2.05, 4.69) is 10.0 Å². The van der Waals surface area contributed by atoms with E-state index >= 15 is 0 Å². The van der Waals surface area contributed by atoms with Crippen molar-refractivity contribution in [1.29, 1.82) is 0 Å². The molecule has 1 unspecified atom stereocenters. The Balaban J connectivity index is 4.15. The number of hydrogen-bond acceptors (Lipinski definition) is 4. The average molecular weight is 196 g/mol. The summed E-state index contributed by atoms with van der Waals surface area (Å²) in [6.45, 7) is 3.37. The van der Waals surface area contributed by atoms with E-state index < -0.39 is 19.8 Å². The van der Waals surface area contributed by atoms with Gasteiger partial charge in [-0.15, -0.1) is 0 Å². The highest BCUT2D eigenvalue weighted by Crippen LogP contribution is 2.31. The topological polar surface area (TPSA) is 116 Å². The normalized spacial score (nSPS) is 18.5. The van der Waals surface area contributed by atoms with Crippen LogP contribution in [0.2, 0.25) is 0 Å². The van der Waals surface area contributed by atoms with E-state index in [1.54, 1.807) is 13.8 Å². The molecule has 5 N–H and O–H groups in total. The van der Waals surface area contributed by atoms with E-state index in [0.717, 1.165) is 0 Å². The van der Waals surface area contributed by atoms with Crippen LogP contribution < -0.4 is 11.2 Å². The van der Waals surface area contributed by atoms with Crippen molar-refractivity contribution >= 4 is 13.7 Å². The number of nitrogens with two attached hydrogens (primary N) is 2. The highest BCUT2D eigenvalue weighted by atomic mass is 31.2. The lowest BCUT2D eigenvalue weighted by Gasteiger charge is -2.14. The van der Waals surface area contributed by atoms with Crippen molar-refractivity contribution in [3.8, 4) is 0 Å². The first-order valence-corrected chi connectivity index (χ1v) is 4.99. The first kappa shape index (κ1) is 11.6. The summed E-state index contributed by atoms with van der Waals surface area (Å²) in [7, 11) is -4.24. The Bertz CT molecular complexity index is 211. The van der Waals surface area contributed by atoms with Crippen LogP contribution in [0.1, 0.15) is 13.8 Å². The second kappa shape index (κ2) is 4.00. The van der Waals surface area contributed by atoms with Gasteiger partial charge in [-0.3, -0.25) is 0 Å². The quantitative estimate of drug-likeness (QED) is 0.527. The zero-order valence-electron chi connectivity index (χ0n) is 6.93. The van der Waals surface area contributed by atoms with Crippen molar-refractivity contribution in [3.63, 3.8) is 0 Å². The van der Waals surface area contributed by atoms with E-state index in [4.69, 9.17) is 10.6 Å². The molecular weight excluding hydrogens is 183 g/mol. The van der Waals surface area contributed by atoms with E-state index in [0.29, 0.717) is 0 Å². The first-order chi connectivity index (χ1) is 5.24. The molecule has 7 heteroatoms. The standard InChI is InChI=1S/C5H13N2O4P/c1-3(2)4(6)5(8)11-12(7,9)10/h3-4H,6H2,1-2H3,(H3,7,9,10)/t4-/m0/s1. The fourth-order valence-electron chi connectivity index (χ4n) is 0.462. The van der Waals surface area contributed by atoms with Gasteiger partial charge in [0.2, 0.25) is 0 Å². The molecule has 72 valence electrons. The molecule has 0 heterocycles. The summed E-state index contributed by atoms with van der Waals surface area (Å²) in [5.74, 6) is -1.12. The summed E-state index contributed by atoms with van der Waals surface area (Å²) in [5.41, 5.74) is 9.89. The minimum absolute atomic E-state index is 0.163. The van der Waals surface area contributed by atoms with Crippen molar-refractivity contribution in [1.82, 2.24) is 0 Å². The third-order valence-corrected chi connectivity index (χ3v) is 1.65. The van der Waals surface area contributed by atoms with Crippen LogP contribution >= 0.6 is 7.75 Å². The highest BCUT2D eigenvalue weighted by molar-refractivity contribution is 7.50. The molecule has 0 radical (unpaired) electrons. The summed E-state index contributed by atoms with van der Waals surface area (Å²) in [6.07, 6.45) is 0. The molecule has 0 aromatic heterocycles. The molecule has 0 aliphatic heterocycles. The van der Waals surface area contributed by atoms with E-state index in [1.165, 1.54) is 0 Å². The van der Waals surface area contributed by atoms with Crippen LogP contribution in [-0.4, -0.2) is 16.9 Å². The summed E-state index contributed by atoms with van der Waals surface area (Å²) in [6, 6.07) is -0.922. The zero-order valence-corrected chi connectivity index (χ0v) is 7.82. The molecule has 0 fully saturated rings. The predicted octanol–water partition coefficient (Wildman–Crippen LogP) is -0.428. The first-order valence-electron chi connectivity index (χ1n) is 3.34. The van der Waals surface area contributed by atoms with Gasteiger partial charge in [-0.2, -0.15) is 0 Å². The molecule has 0 amide bonds.